The van der Waals surface area contributed by atoms with Crippen LogP contribution >= 0.6 is 0 Å². The SMILES string of the molecule is CC1CC(N)CN(C(=O)/C=C/c2ccccc2[N+](=O)[O-])C1. The molecule has 1 aromatic rings. The van der Waals surface area contributed by atoms with Crippen molar-refractivity contribution >= 4 is 17.7 Å². The molecule has 1 heterocycles. The summed E-state index contributed by atoms with van der Waals surface area (Å²) >= 11 is 0. The van der Waals surface area contributed by atoms with Crippen molar-refractivity contribution in [3.05, 3.63) is 46.0 Å². The zero-order valence-corrected chi connectivity index (χ0v) is 11.9. The number of benzene rings is 1. The fraction of sp³-hybridized carbons (Fsp3) is 0.400. The summed E-state index contributed by atoms with van der Waals surface area (Å²) in [5, 5.41) is 10.9. The second kappa shape index (κ2) is 6.49. The molecule has 1 amide bonds. The average molecular weight is 289 g/mol. The van der Waals surface area contributed by atoms with Crippen LogP contribution in [0.25, 0.3) is 6.08 Å². The van der Waals surface area contributed by atoms with E-state index >= 15 is 0 Å². The lowest BCUT2D eigenvalue weighted by atomic mass is 9.96. The molecule has 2 unspecified atom stereocenters. The van der Waals surface area contributed by atoms with Crippen LogP contribution in [0.5, 0.6) is 0 Å². The van der Waals surface area contributed by atoms with Gasteiger partial charge in [0.1, 0.15) is 0 Å². The Labute approximate surface area is 123 Å². The van der Waals surface area contributed by atoms with Crippen LogP contribution < -0.4 is 5.73 Å². The van der Waals surface area contributed by atoms with Crippen LogP contribution in [0.2, 0.25) is 0 Å². The molecule has 2 N–H and O–H groups in total. The van der Waals surface area contributed by atoms with E-state index in [1.807, 2.05) is 0 Å². The Bertz CT molecular complexity index is 561. The van der Waals surface area contributed by atoms with Gasteiger partial charge in [-0.3, -0.25) is 14.9 Å². The van der Waals surface area contributed by atoms with Crippen molar-refractivity contribution in [2.24, 2.45) is 11.7 Å². The smallest absolute Gasteiger partial charge is 0.276 e. The van der Waals surface area contributed by atoms with Gasteiger partial charge in [-0.25, -0.2) is 0 Å². The molecule has 6 nitrogen and oxygen atoms in total. The first-order chi connectivity index (χ1) is 9.97. The Balaban J connectivity index is 2.10. The summed E-state index contributed by atoms with van der Waals surface area (Å²) < 4.78 is 0. The number of carbonyl (C=O) groups excluding carboxylic acids is 1. The van der Waals surface area contributed by atoms with Gasteiger partial charge in [0.05, 0.1) is 10.5 Å². The Morgan fingerprint density at radius 1 is 1.43 bits per heavy atom. The normalized spacial score (nSPS) is 22.5. The van der Waals surface area contributed by atoms with Crippen LogP contribution in [0.4, 0.5) is 5.69 Å². The molecule has 112 valence electrons. The van der Waals surface area contributed by atoms with E-state index in [0.717, 1.165) is 6.42 Å². The fourth-order valence-electron chi connectivity index (χ4n) is 2.64. The number of likely N-dealkylation sites (tertiary alicyclic amines) is 1. The minimum Gasteiger partial charge on any atom is -0.337 e. The summed E-state index contributed by atoms with van der Waals surface area (Å²) in [6.07, 6.45) is 3.79. The molecule has 2 atom stereocenters. The third-order valence-corrected chi connectivity index (χ3v) is 3.54. The van der Waals surface area contributed by atoms with Crippen LogP contribution in [0.15, 0.2) is 30.3 Å². The Hall–Kier alpha value is -2.21. The maximum atomic E-state index is 12.2. The number of nitro groups is 1. The molecule has 0 spiro atoms. The van der Waals surface area contributed by atoms with Gasteiger partial charge in [0, 0.05) is 31.3 Å². The summed E-state index contributed by atoms with van der Waals surface area (Å²) in [4.78, 5) is 24.3. The van der Waals surface area contributed by atoms with Crippen molar-refractivity contribution in [3.8, 4) is 0 Å². The number of hydrogen-bond acceptors (Lipinski definition) is 4. The quantitative estimate of drug-likeness (QED) is 0.522. The minimum absolute atomic E-state index is 0.00263. The number of para-hydroxylation sites is 1. The minimum atomic E-state index is -0.455. The lowest BCUT2D eigenvalue weighted by Gasteiger charge is -2.34. The van der Waals surface area contributed by atoms with E-state index in [9.17, 15) is 14.9 Å². The number of carbonyl (C=O) groups is 1. The van der Waals surface area contributed by atoms with Crippen molar-refractivity contribution in [2.75, 3.05) is 13.1 Å². The highest BCUT2D eigenvalue weighted by Gasteiger charge is 2.24. The molecule has 0 bridgehead atoms. The van der Waals surface area contributed by atoms with E-state index < -0.39 is 4.92 Å². The second-order valence-corrected chi connectivity index (χ2v) is 5.49. The van der Waals surface area contributed by atoms with Crippen molar-refractivity contribution in [1.29, 1.82) is 0 Å². The molecule has 0 saturated carbocycles. The Morgan fingerprint density at radius 3 is 2.81 bits per heavy atom. The largest absolute Gasteiger partial charge is 0.337 e. The van der Waals surface area contributed by atoms with Gasteiger partial charge in [0.15, 0.2) is 0 Å². The fourth-order valence-corrected chi connectivity index (χ4v) is 2.64. The number of nitrogens with two attached hydrogens (primary N) is 1. The van der Waals surface area contributed by atoms with E-state index in [4.69, 9.17) is 5.73 Å². The first-order valence-corrected chi connectivity index (χ1v) is 6.93. The summed E-state index contributed by atoms with van der Waals surface area (Å²) in [7, 11) is 0. The van der Waals surface area contributed by atoms with Gasteiger partial charge in [-0.05, 0) is 24.5 Å². The number of piperidine rings is 1. The highest BCUT2D eigenvalue weighted by Crippen LogP contribution is 2.20. The van der Waals surface area contributed by atoms with Crippen molar-refractivity contribution in [2.45, 2.75) is 19.4 Å². The monoisotopic (exact) mass is 289 g/mol. The number of nitro benzene ring substituents is 1. The summed E-state index contributed by atoms with van der Waals surface area (Å²) in [6, 6.07) is 6.34. The summed E-state index contributed by atoms with van der Waals surface area (Å²) in [5.41, 5.74) is 6.33. The molecule has 1 aromatic carbocycles. The second-order valence-electron chi connectivity index (χ2n) is 5.49. The van der Waals surface area contributed by atoms with E-state index in [1.54, 1.807) is 23.1 Å². The third-order valence-electron chi connectivity index (χ3n) is 3.54. The predicted octanol–water partition coefficient (Wildman–Crippen LogP) is 1.80. The predicted molar refractivity (Wildman–Crippen MR) is 80.5 cm³/mol. The standard InChI is InChI=1S/C15H19N3O3/c1-11-8-13(16)10-17(9-11)15(19)7-6-12-4-2-3-5-14(12)18(20)21/h2-7,11,13H,8-10,16H2,1H3/b7-6+. The van der Waals surface area contributed by atoms with Crippen molar-refractivity contribution in [3.63, 3.8) is 0 Å². The molecule has 0 aliphatic carbocycles. The molecule has 6 heteroatoms. The molecule has 0 aromatic heterocycles. The molecule has 1 aliphatic rings. The molecule has 1 aliphatic heterocycles. The number of nitrogens with zero attached hydrogens (tertiary/aromatic N) is 2. The highest BCUT2D eigenvalue weighted by molar-refractivity contribution is 5.92. The van der Waals surface area contributed by atoms with Crippen LogP contribution in [-0.2, 0) is 4.79 Å². The zero-order chi connectivity index (χ0) is 15.4. The maximum Gasteiger partial charge on any atom is 0.276 e. The van der Waals surface area contributed by atoms with Gasteiger partial charge in [0.2, 0.25) is 5.91 Å². The van der Waals surface area contributed by atoms with Crippen molar-refractivity contribution in [1.82, 2.24) is 4.90 Å². The van der Waals surface area contributed by atoms with E-state index in [1.165, 1.54) is 18.2 Å². The van der Waals surface area contributed by atoms with E-state index in [0.29, 0.717) is 24.6 Å². The lowest BCUT2D eigenvalue weighted by Crippen LogP contribution is -2.48. The van der Waals surface area contributed by atoms with Gasteiger partial charge in [-0.1, -0.05) is 19.1 Å². The molecule has 1 fully saturated rings. The average Bonchev–Trinajstić information content (AvgIpc) is 2.43. The number of rotatable bonds is 3. The number of hydrogen-bond donors (Lipinski definition) is 1. The molecule has 21 heavy (non-hydrogen) atoms. The van der Waals surface area contributed by atoms with Gasteiger partial charge in [-0.15, -0.1) is 0 Å². The van der Waals surface area contributed by atoms with Gasteiger partial charge >= 0.3 is 0 Å². The molecular weight excluding hydrogens is 270 g/mol. The first kappa shape index (κ1) is 15.2. The van der Waals surface area contributed by atoms with Gasteiger partial charge in [0.25, 0.3) is 5.69 Å². The van der Waals surface area contributed by atoms with Gasteiger partial charge < -0.3 is 10.6 Å². The van der Waals surface area contributed by atoms with Crippen LogP contribution in [0, 0.1) is 16.0 Å². The molecule has 0 radical (unpaired) electrons. The van der Waals surface area contributed by atoms with Gasteiger partial charge in [-0.2, -0.15) is 0 Å². The zero-order valence-electron chi connectivity index (χ0n) is 11.9. The summed E-state index contributed by atoms with van der Waals surface area (Å²) in [6.45, 7) is 3.27. The first-order valence-electron chi connectivity index (χ1n) is 6.93. The topological polar surface area (TPSA) is 89.5 Å². The Morgan fingerprint density at radius 2 is 2.14 bits per heavy atom. The Kier molecular flexibility index (Phi) is 4.70. The van der Waals surface area contributed by atoms with E-state index in [-0.39, 0.29) is 17.6 Å². The molecule has 2 rings (SSSR count). The molecule has 1 saturated heterocycles. The van der Waals surface area contributed by atoms with Crippen LogP contribution in [0.3, 0.4) is 0 Å². The maximum absolute atomic E-state index is 12.2. The van der Waals surface area contributed by atoms with E-state index in [2.05, 4.69) is 6.92 Å². The molecular formula is C15H19N3O3. The van der Waals surface area contributed by atoms with Crippen LogP contribution in [-0.4, -0.2) is 34.9 Å². The van der Waals surface area contributed by atoms with Crippen molar-refractivity contribution < 1.29 is 9.72 Å². The third kappa shape index (κ3) is 3.88. The highest BCUT2D eigenvalue weighted by atomic mass is 16.6. The summed E-state index contributed by atoms with van der Waals surface area (Å²) in [5.74, 6) is 0.215. The lowest BCUT2D eigenvalue weighted by molar-refractivity contribution is -0.385. The van der Waals surface area contributed by atoms with Crippen LogP contribution in [0.1, 0.15) is 18.9 Å². The number of amides is 1.